The van der Waals surface area contributed by atoms with Crippen molar-refractivity contribution in [2.24, 2.45) is 5.73 Å². The van der Waals surface area contributed by atoms with Gasteiger partial charge in [0.15, 0.2) is 18.1 Å². The third-order valence-corrected chi connectivity index (χ3v) is 1.81. The molecule has 0 saturated carbocycles. The number of carbonyl (C=O) groups is 1. The van der Waals surface area contributed by atoms with Gasteiger partial charge in [0.1, 0.15) is 0 Å². The van der Waals surface area contributed by atoms with Gasteiger partial charge in [-0.2, -0.15) is 0 Å². The zero-order chi connectivity index (χ0) is 9.78. The maximum atomic E-state index is 10.6. The molecule has 0 heterocycles. The summed E-state index contributed by atoms with van der Waals surface area (Å²) in [6.45, 7) is 3.36. The van der Waals surface area contributed by atoms with Crippen molar-refractivity contribution >= 4 is 17.9 Å². The second kappa shape index (κ2) is 4.57. The van der Waals surface area contributed by atoms with Gasteiger partial charge >= 0.3 is 0 Å². The minimum absolute atomic E-state index is 0.0220. The lowest BCUT2D eigenvalue weighted by Crippen LogP contribution is -2.54. The number of halogens is 1. The SMILES string of the molecule is C=C(Cl)C(N)(C=O)C(OC)OC. The summed E-state index contributed by atoms with van der Waals surface area (Å²) in [7, 11) is 2.72. The van der Waals surface area contributed by atoms with Gasteiger partial charge in [0.05, 0.1) is 0 Å². The molecule has 0 spiro atoms. The molecule has 12 heavy (non-hydrogen) atoms. The number of hydrogen-bond acceptors (Lipinski definition) is 4. The van der Waals surface area contributed by atoms with E-state index in [-0.39, 0.29) is 5.03 Å². The van der Waals surface area contributed by atoms with Crippen molar-refractivity contribution in [3.63, 3.8) is 0 Å². The predicted molar refractivity (Wildman–Crippen MR) is 45.8 cm³/mol. The van der Waals surface area contributed by atoms with Crippen molar-refractivity contribution in [2.75, 3.05) is 14.2 Å². The third-order valence-electron chi connectivity index (χ3n) is 1.48. The van der Waals surface area contributed by atoms with Gasteiger partial charge in [-0.15, -0.1) is 0 Å². The molecule has 0 aliphatic carbocycles. The Bertz CT molecular complexity index is 181. The highest BCUT2D eigenvalue weighted by molar-refractivity contribution is 6.32. The Hall–Kier alpha value is -0.420. The van der Waals surface area contributed by atoms with Crippen molar-refractivity contribution < 1.29 is 14.3 Å². The van der Waals surface area contributed by atoms with Crippen LogP contribution >= 0.6 is 11.6 Å². The second-order valence-electron chi connectivity index (χ2n) is 2.26. The molecule has 0 fully saturated rings. The number of ether oxygens (including phenoxy) is 2. The monoisotopic (exact) mass is 193 g/mol. The number of rotatable bonds is 5. The first kappa shape index (κ1) is 11.6. The predicted octanol–water partition coefficient (Wildman–Crippen LogP) is 0.254. The Labute approximate surface area is 76.3 Å². The van der Waals surface area contributed by atoms with Gasteiger partial charge in [-0.1, -0.05) is 18.2 Å². The van der Waals surface area contributed by atoms with Gasteiger partial charge in [0.2, 0.25) is 0 Å². The van der Waals surface area contributed by atoms with E-state index in [1.54, 1.807) is 0 Å². The van der Waals surface area contributed by atoms with E-state index in [9.17, 15) is 4.79 Å². The first-order chi connectivity index (χ1) is 5.52. The van der Waals surface area contributed by atoms with E-state index < -0.39 is 11.8 Å². The van der Waals surface area contributed by atoms with Gasteiger partial charge in [-0.05, 0) is 0 Å². The van der Waals surface area contributed by atoms with Crippen LogP contribution in [0.25, 0.3) is 0 Å². The summed E-state index contributed by atoms with van der Waals surface area (Å²) < 4.78 is 9.59. The third kappa shape index (κ3) is 2.04. The van der Waals surface area contributed by atoms with E-state index in [0.29, 0.717) is 6.29 Å². The Kier molecular flexibility index (Phi) is 4.41. The molecule has 0 aromatic heterocycles. The molecule has 70 valence electrons. The van der Waals surface area contributed by atoms with Crippen LogP contribution in [0.2, 0.25) is 0 Å². The molecule has 0 aromatic rings. The molecule has 0 aliphatic heterocycles. The molecule has 5 heteroatoms. The van der Waals surface area contributed by atoms with Crippen LogP contribution in [0.3, 0.4) is 0 Å². The number of aldehydes is 1. The van der Waals surface area contributed by atoms with E-state index in [4.69, 9.17) is 26.8 Å². The fraction of sp³-hybridized carbons (Fsp3) is 0.571. The van der Waals surface area contributed by atoms with Crippen LogP contribution in [-0.2, 0) is 14.3 Å². The van der Waals surface area contributed by atoms with Gasteiger partial charge in [-0.3, -0.25) is 0 Å². The molecule has 0 aromatic carbocycles. The average Bonchev–Trinajstić information content (AvgIpc) is 2.05. The molecule has 1 atom stereocenters. The molecule has 0 amide bonds. The fourth-order valence-corrected chi connectivity index (χ4v) is 0.867. The second-order valence-corrected chi connectivity index (χ2v) is 2.72. The Morgan fingerprint density at radius 3 is 2.17 bits per heavy atom. The number of carbonyl (C=O) groups excluding carboxylic acids is 1. The standard InChI is InChI=1S/C7H12ClNO3/c1-5(8)7(9,4-10)6(11-2)12-3/h4,6H,1,9H2,2-3H3. The van der Waals surface area contributed by atoms with Crippen LogP contribution in [0.5, 0.6) is 0 Å². The van der Waals surface area contributed by atoms with Crippen LogP contribution in [0.4, 0.5) is 0 Å². The smallest absolute Gasteiger partial charge is 0.186 e. The maximum absolute atomic E-state index is 10.6. The lowest BCUT2D eigenvalue weighted by atomic mass is 10.0. The lowest BCUT2D eigenvalue weighted by Gasteiger charge is -2.29. The summed E-state index contributed by atoms with van der Waals surface area (Å²) in [6, 6.07) is 0. The van der Waals surface area contributed by atoms with E-state index in [0.717, 1.165) is 0 Å². The summed E-state index contributed by atoms with van der Waals surface area (Å²) in [5, 5.41) is -0.0220. The highest BCUT2D eigenvalue weighted by Gasteiger charge is 2.37. The van der Waals surface area contributed by atoms with Gasteiger partial charge in [0.25, 0.3) is 0 Å². The Morgan fingerprint density at radius 2 is 2.08 bits per heavy atom. The van der Waals surface area contributed by atoms with Crippen LogP contribution in [0.1, 0.15) is 0 Å². The lowest BCUT2D eigenvalue weighted by molar-refractivity contribution is -0.147. The summed E-state index contributed by atoms with van der Waals surface area (Å²) in [4.78, 5) is 10.6. The minimum Gasteiger partial charge on any atom is -0.353 e. The molecule has 1 unspecified atom stereocenters. The topological polar surface area (TPSA) is 61.6 Å². The number of methoxy groups -OCH3 is 2. The fourth-order valence-electron chi connectivity index (χ4n) is 0.734. The molecular weight excluding hydrogens is 182 g/mol. The molecule has 0 radical (unpaired) electrons. The van der Waals surface area contributed by atoms with E-state index >= 15 is 0 Å². The van der Waals surface area contributed by atoms with Crippen LogP contribution in [0, 0.1) is 0 Å². The van der Waals surface area contributed by atoms with Crippen molar-refractivity contribution in [3.8, 4) is 0 Å². The molecule has 0 bridgehead atoms. The highest BCUT2D eigenvalue weighted by atomic mass is 35.5. The summed E-state index contributed by atoms with van der Waals surface area (Å²) in [5.74, 6) is 0. The Balaban J connectivity index is 4.70. The zero-order valence-corrected chi connectivity index (χ0v) is 7.80. The number of nitrogens with two attached hydrogens (primary N) is 1. The molecule has 4 nitrogen and oxygen atoms in total. The first-order valence-corrected chi connectivity index (χ1v) is 3.56. The van der Waals surface area contributed by atoms with Gasteiger partial charge in [-0.25, -0.2) is 0 Å². The van der Waals surface area contributed by atoms with Crippen molar-refractivity contribution in [1.29, 1.82) is 0 Å². The zero-order valence-electron chi connectivity index (χ0n) is 7.04. The van der Waals surface area contributed by atoms with E-state index in [2.05, 4.69) is 6.58 Å². The van der Waals surface area contributed by atoms with Crippen LogP contribution < -0.4 is 5.73 Å². The van der Waals surface area contributed by atoms with E-state index in [1.165, 1.54) is 14.2 Å². The largest absolute Gasteiger partial charge is 0.353 e. The summed E-state index contributed by atoms with van der Waals surface area (Å²) in [6.07, 6.45) is -0.472. The molecule has 2 N–H and O–H groups in total. The average molecular weight is 194 g/mol. The maximum Gasteiger partial charge on any atom is 0.186 e. The van der Waals surface area contributed by atoms with Crippen molar-refractivity contribution in [3.05, 3.63) is 11.6 Å². The highest BCUT2D eigenvalue weighted by Crippen LogP contribution is 2.20. The van der Waals surface area contributed by atoms with Crippen molar-refractivity contribution in [2.45, 2.75) is 11.8 Å². The van der Waals surface area contributed by atoms with Gasteiger partial charge < -0.3 is 20.0 Å². The summed E-state index contributed by atoms with van der Waals surface area (Å²) >= 11 is 5.53. The van der Waals surface area contributed by atoms with E-state index in [1.807, 2.05) is 0 Å². The molecule has 0 saturated heterocycles. The van der Waals surface area contributed by atoms with Crippen LogP contribution in [0.15, 0.2) is 11.6 Å². The normalized spacial score (nSPS) is 15.8. The summed E-state index contributed by atoms with van der Waals surface area (Å²) in [5.41, 5.74) is 4.06. The van der Waals surface area contributed by atoms with Crippen LogP contribution in [-0.4, -0.2) is 32.3 Å². The van der Waals surface area contributed by atoms with Crippen molar-refractivity contribution in [1.82, 2.24) is 0 Å². The molecular formula is C7H12ClNO3. The van der Waals surface area contributed by atoms with Gasteiger partial charge in [0, 0.05) is 19.3 Å². The number of hydrogen-bond donors (Lipinski definition) is 1. The Morgan fingerprint density at radius 1 is 1.67 bits per heavy atom. The quantitative estimate of drug-likeness (QED) is 0.503. The molecule has 0 rings (SSSR count). The first-order valence-electron chi connectivity index (χ1n) is 3.18. The minimum atomic E-state index is -1.49. The molecule has 0 aliphatic rings.